The molecule has 52 heavy (non-hydrogen) atoms. The van der Waals surface area contributed by atoms with Crippen LogP contribution in [0.15, 0.2) is 54.2 Å². The lowest BCUT2D eigenvalue weighted by molar-refractivity contribution is -0.160. The predicted octanol–water partition coefficient (Wildman–Crippen LogP) is 6.53. The Morgan fingerprint density at radius 1 is 1.04 bits per heavy atom. The number of tetrazole rings is 1. The lowest BCUT2D eigenvalue weighted by Crippen LogP contribution is -2.68. The van der Waals surface area contributed by atoms with Gasteiger partial charge in [-0.1, -0.05) is 36.8 Å². The molecule has 2 atom stereocenters. The minimum atomic E-state index is -4.88. The number of piperidine rings is 2. The zero-order chi connectivity index (χ0) is 37.3. The molecule has 2 amide bonds. The maximum atomic E-state index is 15.0. The number of thiophene rings is 1. The Morgan fingerprint density at radius 2 is 1.79 bits per heavy atom. The Kier molecular flexibility index (Phi) is 10.2. The summed E-state index contributed by atoms with van der Waals surface area (Å²) in [6, 6.07) is 7.69. The number of H-pyrrole nitrogens is 1. The summed E-state index contributed by atoms with van der Waals surface area (Å²) in [5.74, 6) is -0.879. The second-order valence-corrected chi connectivity index (χ2v) is 13.7. The minimum absolute atomic E-state index is 0.00433. The Morgan fingerprint density at radius 3 is 2.42 bits per heavy atom. The van der Waals surface area contributed by atoms with Gasteiger partial charge in [-0.05, 0) is 37.8 Å². The third kappa shape index (κ3) is 6.79. The summed E-state index contributed by atoms with van der Waals surface area (Å²) in [5, 5.41) is 16.0. The molecule has 0 spiro atoms. The first kappa shape index (κ1) is 37.0. The Hall–Kier alpha value is -4.74. The van der Waals surface area contributed by atoms with Gasteiger partial charge in [-0.3, -0.25) is 14.6 Å². The van der Waals surface area contributed by atoms with Crippen LogP contribution in [-0.2, 0) is 22.6 Å². The molecule has 0 aliphatic carbocycles. The number of carbonyl (C=O) groups excluding carboxylic acids is 2. The molecule has 0 bridgehead atoms. The fourth-order valence-corrected chi connectivity index (χ4v) is 8.16. The number of hydrogen-bond donors (Lipinski definition) is 1. The van der Waals surface area contributed by atoms with E-state index in [9.17, 15) is 31.1 Å². The number of amides is 2. The van der Waals surface area contributed by atoms with E-state index in [4.69, 9.17) is 9.47 Å². The summed E-state index contributed by atoms with van der Waals surface area (Å²) < 4.78 is 95.3. The molecule has 18 heteroatoms. The topological polar surface area (TPSA) is 126 Å². The number of pyridine rings is 1. The van der Waals surface area contributed by atoms with Gasteiger partial charge in [-0.2, -0.15) is 31.6 Å². The number of nitrogens with one attached hydrogen (secondary N) is 1. The summed E-state index contributed by atoms with van der Waals surface area (Å²) in [4.78, 5) is 34.7. The normalized spacial score (nSPS) is 20.8. The van der Waals surface area contributed by atoms with E-state index in [1.165, 1.54) is 16.9 Å². The molecule has 3 aromatic heterocycles. The smallest absolute Gasteiger partial charge is 0.425 e. The van der Waals surface area contributed by atoms with E-state index in [0.717, 1.165) is 29.4 Å². The van der Waals surface area contributed by atoms with E-state index >= 15 is 4.79 Å². The van der Waals surface area contributed by atoms with Gasteiger partial charge < -0.3 is 19.3 Å². The van der Waals surface area contributed by atoms with Gasteiger partial charge in [0.15, 0.2) is 5.82 Å². The van der Waals surface area contributed by atoms with Crippen LogP contribution < -0.4 is 9.47 Å². The van der Waals surface area contributed by atoms with Crippen LogP contribution in [0.25, 0.3) is 0 Å². The molecule has 278 valence electrons. The van der Waals surface area contributed by atoms with Gasteiger partial charge >= 0.3 is 12.4 Å². The number of likely N-dealkylation sites (tertiary alicyclic amines) is 2. The Balaban J connectivity index is 1.40. The highest BCUT2D eigenvalue weighted by molar-refractivity contribution is 7.10. The number of rotatable bonds is 9. The average molecular weight is 752 g/mol. The second kappa shape index (κ2) is 14.4. The first-order valence-electron chi connectivity index (χ1n) is 16.6. The lowest BCUT2D eigenvalue weighted by atomic mass is 9.71. The van der Waals surface area contributed by atoms with Crippen LogP contribution >= 0.6 is 11.3 Å². The van der Waals surface area contributed by atoms with Crippen molar-refractivity contribution in [3.8, 4) is 11.5 Å². The van der Waals surface area contributed by atoms with Gasteiger partial charge in [-0.25, -0.2) is 0 Å². The zero-order valence-electron chi connectivity index (χ0n) is 28.1. The summed E-state index contributed by atoms with van der Waals surface area (Å²) in [7, 11) is 1.53. The van der Waals surface area contributed by atoms with E-state index in [0.29, 0.717) is 35.4 Å². The van der Waals surface area contributed by atoms with E-state index in [2.05, 4.69) is 25.6 Å². The molecule has 2 aliphatic rings. The third-order valence-corrected chi connectivity index (χ3v) is 10.8. The summed E-state index contributed by atoms with van der Waals surface area (Å²) in [5.41, 5.74) is -3.90. The lowest BCUT2D eigenvalue weighted by Gasteiger charge is -2.51. The van der Waals surface area contributed by atoms with Crippen LogP contribution in [0, 0.1) is 0 Å². The maximum Gasteiger partial charge on any atom is 0.425 e. The molecule has 1 N–H and O–H groups in total. The molecule has 5 heterocycles. The van der Waals surface area contributed by atoms with Crippen LogP contribution in [0.1, 0.15) is 77.6 Å². The first-order chi connectivity index (χ1) is 24.7. The van der Waals surface area contributed by atoms with Crippen molar-refractivity contribution in [2.75, 3.05) is 26.7 Å². The average Bonchev–Trinajstić information content (AvgIpc) is 3.85. The molecule has 2 fully saturated rings. The van der Waals surface area contributed by atoms with Gasteiger partial charge in [0.2, 0.25) is 5.60 Å². The monoisotopic (exact) mass is 751 g/mol. The van der Waals surface area contributed by atoms with Crippen molar-refractivity contribution in [2.24, 2.45) is 0 Å². The molecule has 2 aliphatic heterocycles. The predicted molar refractivity (Wildman–Crippen MR) is 175 cm³/mol. The van der Waals surface area contributed by atoms with Crippen molar-refractivity contribution >= 4 is 23.2 Å². The molecular formula is C34H35F6N7O4S. The van der Waals surface area contributed by atoms with Crippen LogP contribution in [0.2, 0.25) is 0 Å². The van der Waals surface area contributed by atoms with Gasteiger partial charge in [0.25, 0.3) is 11.8 Å². The van der Waals surface area contributed by atoms with Gasteiger partial charge in [0.1, 0.15) is 16.4 Å². The fraction of sp³-hybridized carbons (Fsp3) is 0.471. The Bertz CT molecular complexity index is 1880. The largest absolute Gasteiger partial charge is 0.496 e. The van der Waals surface area contributed by atoms with Crippen molar-refractivity contribution in [1.29, 1.82) is 0 Å². The number of halogens is 6. The van der Waals surface area contributed by atoms with Crippen LogP contribution in [0.5, 0.6) is 11.5 Å². The molecule has 11 nitrogen and oxygen atoms in total. The molecule has 4 aromatic rings. The minimum Gasteiger partial charge on any atom is -0.496 e. The number of para-hydroxylation sites is 1. The molecular weight excluding hydrogens is 716 g/mol. The quantitative estimate of drug-likeness (QED) is 0.191. The van der Waals surface area contributed by atoms with Gasteiger partial charge in [0.05, 0.1) is 29.7 Å². The highest BCUT2D eigenvalue weighted by atomic mass is 32.1. The number of ether oxygens (including phenoxy) is 2. The molecule has 0 unspecified atom stereocenters. The number of alkyl halides is 6. The molecule has 0 saturated carbocycles. The highest BCUT2D eigenvalue weighted by Gasteiger charge is 2.57. The van der Waals surface area contributed by atoms with Crippen molar-refractivity contribution in [3.63, 3.8) is 0 Å². The number of benzene rings is 1. The van der Waals surface area contributed by atoms with Crippen LogP contribution in [0.4, 0.5) is 26.3 Å². The SMILES string of the molecule is CCC[C@H]1N(C(=O)c2cnccc2C(F)(F)F)CCC[C@@]1(Oc1csc(C(F)(F)F)c1)C(=O)N1CCC(c2nn[nH]n2)(c2ccccc2OC)CC1. The van der Waals surface area contributed by atoms with Crippen molar-refractivity contribution in [1.82, 2.24) is 35.4 Å². The molecule has 1 aromatic carbocycles. The zero-order valence-corrected chi connectivity index (χ0v) is 28.9. The molecule has 6 rings (SSSR count). The van der Waals surface area contributed by atoms with Crippen LogP contribution in [-0.4, -0.2) is 85.6 Å². The van der Waals surface area contributed by atoms with Gasteiger partial charge in [-0.15, -0.1) is 21.5 Å². The van der Waals surface area contributed by atoms with E-state index < -0.39 is 57.2 Å². The number of hydrogen-bond acceptors (Lipinski definition) is 9. The van der Waals surface area contributed by atoms with Crippen molar-refractivity contribution < 1.29 is 45.4 Å². The summed E-state index contributed by atoms with van der Waals surface area (Å²) in [6.45, 7) is 1.99. The number of aromatic amines is 1. The molecule has 2 saturated heterocycles. The number of nitrogens with zero attached hydrogens (tertiary/aromatic N) is 6. The van der Waals surface area contributed by atoms with E-state index in [1.54, 1.807) is 13.0 Å². The number of aromatic nitrogens is 5. The van der Waals surface area contributed by atoms with E-state index in [-0.39, 0.29) is 57.5 Å². The van der Waals surface area contributed by atoms with Crippen molar-refractivity contribution in [2.45, 2.75) is 74.9 Å². The standard InChI is InChI=1S/C34H35F6N7O4S/c1-3-7-26-32(51-21-18-27(52-20-21)34(38,39)40,11-6-15-47(26)28(48)22-19-41-14-10-23(22)33(35,36)37)30(49)46-16-12-31(13-17-46,29-42-44-45-43-29)24-8-4-5-9-25(24)50-2/h4-5,8-10,14,18-20,26H,3,6-7,11-13,15-17H2,1-2H3,(H,42,43,44,45)/t26-,32+/m1/s1. The van der Waals surface area contributed by atoms with Gasteiger partial charge in [0, 0.05) is 55.5 Å². The second-order valence-electron chi connectivity index (χ2n) is 12.8. The number of methoxy groups -OCH3 is 1. The maximum absolute atomic E-state index is 15.0. The fourth-order valence-electron chi connectivity index (χ4n) is 7.48. The van der Waals surface area contributed by atoms with Crippen molar-refractivity contribution in [3.05, 3.63) is 81.6 Å². The first-order valence-corrected chi connectivity index (χ1v) is 17.5. The van der Waals surface area contributed by atoms with Crippen LogP contribution in [0.3, 0.4) is 0 Å². The summed E-state index contributed by atoms with van der Waals surface area (Å²) in [6.07, 6.45) is -6.61. The highest BCUT2D eigenvalue weighted by Crippen LogP contribution is 2.46. The number of carbonyl (C=O) groups is 2. The Labute approximate surface area is 298 Å². The third-order valence-electron chi connectivity index (χ3n) is 9.86. The summed E-state index contributed by atoms with van der Waals surface area (Å²) >= 11 is 0.390. The molecule has 0 radical (unpaired) electrons. The van der Waals surface area contributed by atoms with E-state index in [1.807, 2.05) is 18.2 Å².